The quantitative estimate of drug-likeness (QED) is 0.566. The average Bonchev–Trinajstić information content (AvgIpc) is 3.25. The summed E-state index contributed by atoms with van der Waals surface area (Å²) in [6.07, 6.45) is 3.46. The molecule has 7 nitrogen and oxygen atoms in total. The first-order valence-corrected chi connectivity index (χ1v) is 10.5. The Morgan fingerprint density at radius 1 is 1.23 bits per heavy atom. The zero-order valence-corrected chi connectivity index (χ0v) is 17.4. The van der Waals surface area contributed by atoms with Crippen LogP contribution in [-0.4, -0.2) is 42.1 Å². The SMILES string of the molecule is COc1ccc2c(c1)CCCN2C(=O)COC(=O)Cc1csc(-c2ccccn2)n1. The molecule has 154 valence electrons. The monoisotopic (exact) mass is 423 g/mol. The molecule has 4 rings (SSSR count). The first-order valence-electron chi connectivity index (χ1n) is 9.63. The number of esters is 1. The molecule has 0 atom stereocenters. The molecule has 0 spiro atoms. The molecule has 0 radical (unpaired) electrons. The summed E-state index contributed by atoms with van der Waals surface area (Å²) in [4.78, 5) is 35.2. The number of nitrogens with zero attached hydrogens (tertiary/aromatic N) is 3. The van der Waals surface area contributed by atoms with Gasteiger partial charge in [0.2, 0.25) is 0 Å². The number of fused-ring (bicyclic) bond motifs is 1. The second-order valence-electron chi connectivity index (χ2n) is 6.84. The number of pyridine rings is 1. The second-order valence-corrected chi connectivity index (χ2v) is 7.70. The Bertz CT molecular complexity index is 1050. The van der Waals surface area contributed by atoms with Gasteiger partial charge in [0, 0.05) is 23.8 Å². The van der Waals surface area contributed by atoms with Crippen LogP contribution in [0.5, 0.6) is 5.75 Å². The van der Waals surface area contributed by atoms with Crippen LogP contribution in [0.1, 0.15) is 17.7 Å². The highest BCUT2D eigenvalue weighted by atomic mass is 32.1. The van der Waals surface area contributed by atoms with Crippen molar-refractivity contribution in [3.8, 4) is 16.5 Å². The molecule has 2 aromatic heterocycles. The first kappa shape index (κ1) is 20.0. The maximum atomic E-state index is 12.7. The van der Waals surface area contributed by atoms with Crippen molar-refractivity contribution in [3.63, 3.8) is 0 Å². The molecule has 0 bridgehead atoms. The zero-order chi connectivity index (χ0) is 20.9. The molecule has 3 heterocycles. The Morgan fingerprint density at radius 2 is 2.13 bits per heavy atom. The van der Waals surface area contributed by atoms with Gasteiger partial charge in [-0.2, -0.15) is 0 Å². The minimum Gasteiger partial charge on any atom is -0.497 e. The van der Waals surface area contributed by atoms with Crippen LogP contribution in [-0.2, 0) is 27.2 Å². The Labute approximate surface area is 178 Å². The van der Waals surface area contributed by atoms with E-state index in [9.17, 15) is 9.59 Å². The molecule has 0 N–H and O–H groups in total. The topological polar surface area (TPSA) is 81.6 Å². The number of carbonyl (C=O) groups excluding carboxylic acids is 2. The van der Waals surface area contributed by atoms with E-state index in [1.807, 2.05) is 36.4 Å². The van der Waals surface area contributed by atoms with Crippen molar-refractivity contribution in [1.29, 1.82) is 0 Å². The predicted molar refractivity (Wildman–Crippen MR) is 114 cm³/mol. The number of methoxy groups -OCH3 is 1. The third kappa shape index (κ3) is 4.49. The van der Waals surface area contributed by atoms with Crippen molar-refractivity contribution in [2.75, 3.05) is 25.2 Å². The summed E-state index contributed by atoms with van der Waals surface area (Å²) in [5, 5.41) is 2.55. The van der Waals surface area contributed by atoms with Gasteiger partial charge >= 0.3 is 5.97 Å². The van der Waals surface area contributed by atoms with E-state index in [0.29, 0.717) is 12.2 Å². The molecule has 0 saturated heterocycles. The highest BCUT2D eigenvalue weighted by molar-refractivity contribution is 7.13. The fraction of sp³-hybridized carbons (Fsp3) is 0.273. The van der Waals surface area contributed by atoms with E-state index in [1.54, 1.807) is 23.6 Å². The number of thiazole rings is 1. The van der Waals surface area contributed by atoms with Crippen molar-refractivity contribution in [3.05, 3.63) is 59.2 Å². The molecule has 1 amide bonds. The molecule has 0 saturated carbocycles. The molecule has 0 aliphatic carbocycles. The molecular weight excluding hydrogens is 402 g/mol. The maximum absolute atomic E-state index is 12.7. The van der Waals surface area contributed by atoms with Crippen molar-refractivity contribution < 1.29 is 19.1 Å². The fourth-order valence-electron chi connectivity index (χ4n) is 3.37. The number of ether oxygens (including phenoxy) is 2. The number of benzene rings is 1. The molecule has 0 unspecified atom stereocenters. The van der Waals surface area contributed by atoms with Gasteiger partial charge in [0.15, 0.2) is 6.61 Å². The summed E-state index contributed by atoms with van der Waals surface area (Å²) in [6.45, 7) is 0.316. The van der Waals surface area contributed by atoms with Crippen molar-refractivity contribution in [1.82, 2.24) is 9.97 Å². The van der Waals surface area contributed by atoms with Crippen molar-refractivity contribution >= 4 is 28.9 Å². The minimum absolute atomic E-state index is 0.0183. The van der Waals surface area contributed by atoms with Gasteiger partial charge in [-0.1, -0.05) is 6.07 Å². The van der Waals surface area contributed by atoms with Gasteiger partial charge in [-0.05, 0) is 48.7 Å². The second kappa shape index (κ2) is 9.04. The highest BCUT2D eigenvalue weighted by Gasteiger charge is 2.24. The first-order chi connectivity index (χ1) is 14.6. The summed E-state index contributed by atoms with van der Waals surface area (Å²) in [6, 6.07) is 11.2. The van der Waals surface area contributed by atoms with Crippen LogP contribution in [0.3, 0.4) is 0 Å². The predicted octanol–water partition coefficient (Wildman–Crippen LogP) is 3.28. The maximum Gasteiger partial charge on any atom is 0.312 e. The largest absolute Gasteiger partial charge is 0.497 e. The molecule has 1 aromatic carbocycles. The fourth-order valence-corrected chi connectivity index (χ4v) is 4.17. The van der Waals surface area contributed by atoms with Gasteiger partial charge in [-0.3, -0.25) is 14.6 Å². The van der Waals surface area contributed by atoms with Gasteiger partial charge in [-0.15, -0.1) is 11.3 Å². The Balaban J connectivity index is 1.34. The van der Waals surface area contributed by atoms with E-state index in [0.717, 1.165) is 40.5 Å². The standard InChI is InChI=1S/C22H21N3O4S/c1-28-17-7-8-19-15(11-17)5-4-10-25(19)20(26)13-29-21(27)12-16-14-30-22(24-16)18-6-2-3-9-23-18/h2-3,6-9,11,14H,4-5,10,12-13H2,1H3. The summed E-state index contributed by atoms with van der Waals surface area (Å²) in [5.41, 5.74) is 3.28. The lowest BCUT2D eigenvalue weighted by molar-refractivity contribution is -0.147. The molecule has 1 aliphatic heterocycles. The molecule has 3 aromatic rings. The van der Waals surface area contributed by atoms with E-state index >= 15 is 0 Å². The van der Waals surface area contributed by atoms with Crippen molar-refractivity contribution in [2.24, 2.45) is 0 Å². The zero-order valence-electron chi connectivity index (χ0n) is 16.5. The van der Waals surface area contributed by atoms with Crippen LogP contribution in [0.25, 0.3) is 10.7 Å². The summed E-state index contributed by atoms with van der Waals surface area (Å²) >= 11 is 1.42. The number of carbonyl (C=O) groups is 2. The summed E-state index contributed by atoms with van der Waals surface area (Å²) < 4.78 is 10.5. The van der Waals surface area contributed by atoms with E-state index in [1.165, 1.54) is 11.3 Å². The average molecular weight is 423 g/mol. The minimum atomic E-state index is -0.479. The number of hydrogen-bond donors (Lipinski definition) is 0. The number of anilines is 1. The van der Waals surface area contributed by atoms with Gasteiger partial charge in [0.25, 0.3) is 5.91 Å². The summed E-state index contributed by atoms with van der Waals surface area (Å²) in [7, 11) is 1.62. The lowest BCUT2D eigenvalue weighted by Crippen LogP contribution is -2.38. The number of aryl methyl sites for hydroxylation is 1. The Morgan fingerprint density at radius 3 is 2.93 bits per heavy atom. The Kier molecular flexibility index (Phi) is 6.04. The van der Waals surface area contributed by atoms with E-state index in [4.69, 9.17) is 9.47 Å². The van der Waals surface area contributed by atoms with Crippen molar-refractivity contribution in [2.45, 2.75) is 19.3 Å². The van der Waals surface area contributed by atoms with E-state index in [2.05, 4.69) is 9.97 Å². The van der Waals surface area contributed by atoms with Crippen LogP contribution in [0.15, 0.2) is 48.0 Å². The van der Waals surface area contributed by atoms with Crippen LogP contribution in [0, 0.1) is 0 Å². The molecule has 8 heteroatoms. The van der Waals surface area contributed by atoms with Gasteiger partial charge in [0.1, 0.15) is 10.8 Å². The number of rotatable bonds is 6. The van der Waals surface area contributed by atoms with Crippen LogP contribution in [0.4, 0.5) is 5.69 Å². The lowest BCUT2D eigenvalue weighted by Gasteiger charge is -2.29. The smallest absolute Gasteiger partial charge is 0.312 e. The van der Waals surface area contributed by atoms with E-state index < -0.39 is 5.97 Å². The molecule has 0 fully saturated rings. The van der Waals surface area contributed by atoms with Crippen LogP contribution in [0.2, 0.25) is 0 Å². The molecule has 1 aliphatic rings. The molecular formula is C22H21N3O4S. The molecule has 30 heavy (non-hydrogen) atoms. The van der Waals surface area contributed by atoms with Gasteiger partial charge in [0.05, 0.1) is 24.9 Å². The lowest BCUT2D eigenvalue weighted by atomic mass is 10.0. The Hall–Kier alpha value is -3.26. The number of aromatic nitrogens is 2. The summed E-state index contributed by atoms with van der Waals surface area (Å²) in [5.74, 6) is 0.0536. The van der Waals surface area contributed by atoms with Crippen LogP contribution < -0.4 is 9.64 Å². The number of hydrogen-bond acceptors (Lipinski definition) is 7. The normalized spacial score (nSPS) is 12.9. The van der Waals surface area contributed by atoms with Gasteiger partial charge < -0.3 is 14.4 Å². The third-order valence-corrected chi connectivity index (χ3v) is 5.74. The van der Waals surface area contributed by atoms with E-state index in [-0.39, 0.29) is 18.9 Å². The number of amides is 1. The van der Waals surface area contributed by atoms with Gasteiger partial charge in [-0.25, -0.2) is 4.98 Å². The highest BCUT2D eigenvalue weighted by Crippen LogP contribution is 2.30. The third-order valence-electron chi connectivity index (χ3n) is 4.82. The van der Waals surface area contributed by atoms with Crippen LogP contribution >= 0.6 is 11.3 Å².